The molecule has 1 aromatic rings. The normalized spacial score (nSPS) is 16.7. The highest BCUT2D eigenvalue weighted by Gasteiger charge is 2.26. The van der Waals surface area contributed by atoms with Crippen molar-refractivity contribution >= 4 is 6.03 Å². The Kier molecular flexibility index (Phi) is 3.83. The molecule has 0 fully saturated rings. The monoisotopic (exact) mass is 264 g/mol. The van der Waals surface area contributed by atoms with Gasteiger partial charge in [-0.05, 0) is 36.1 Å². The maximum Gasteiger partial charge on any atom is 0.317 e. The van der Waals surface area contributed by atoms with Crippen LogP contribution in [0.2, 0.25) is 0 Å². The number of benzene rings is 1. The smallest absolute Gasteiger partial charge is 0.317 e. The molecule has 0 aromatic heterocycles. The van der Waals surface area contributed by atoms with Gasteiger partial charge in [-0.25, -0.2) is 4.79 Å². The molecule has 5 nitrogen and oxygen atoms in total. The number of rotatable bonds is 3. The maximum atomic E-state index is 11.7. The molecule has 0 saturated heterocycles. The van der Waals surface area contributed by atoms with Crippen LogP contribution < -0.4 is 14.8 Å². The zero-order chi connectivity index (χ0) is 14.0. The van der Waals surface area contributed by atoms with Crippen molar-refractivity contribution in [1.82, 2.24) is 10.2 Å². The zero-order valence-corrected chi connectivity index (χ0v) is 11.8. The van der Waals surface area contributed by atoms with Crippen molar-refractivity contribution in [1.29, 1.82) is 0 Å². The van der Waals surface area contributed by atoms with Crippen molar-refractivity contribution in [3.8, 4) is 11.5 Å². The second kappa shape index (κ2) is 5.38. The molecular formula is C14H20N2O3. The molecule has 0 aliphatic heterocycles. The molecule has 0 spiro atoms. The van der Waals surface area contributed by atoms with E-state index in [-0.39, 0.29) is 12.1 Å². The van der Waals surface area contributed by atoms with Crippen LogP contribution in [0.25, 0.3) is 0 Å². The van der Waals surface area contributed by atoms with Crippen LogP contribution in [0.15, 0.2) is 12.1 Å². The molecular weight excluding hydrogens is 244 g/mol. The number of carbonyl (C=O) groups is 1. The van der Waals surface area contributed by atoms with Gasteiger partial charge in [-0.2, -0.15) is 0 Å². The predicted octanol–water partition coefficient (Wildman–Crippen LogP) is 1.96. The highest BCUT2D eigenvalue weighted by atomic mass is 16.5. The lowest BCUT2D eigenvalue weighted by Crippen LogP contribution is -2.36. The van der Waals surface area contributed by atoms with Crippen molar-refractivity contribution in [2.75, 3.05) is 28.3 Å². The minimum atomic E-state index is -0.0763. The van der Waals surface area contributed by atoms with Gasteiger partial charge in [-0.15, -0.1) is 0 Å². The van der Waals surface area contributed by atoms with Gasteiger partial charge in [0.25, 0.3) is 0 Å². The molecule has 5 heteroatoms. The number of hydrogen-bond donors (Lipinski definition) is 1. The Labute approximate surface area is 113 Å². The summed E-state index contributed by atoms with van der Waals surface area (Å²) in [6.45, 7) is 0. The summed E-state index contributed by atoms with van der Waals surface area (Å²) in [6, 6.07) is 3.93. The number of urea groups is 1. The Hall–Kier alpha value is -1.91. The fourth-order valence-corrected chi connectivity index (χ4v) is 2.36. The molecule has 104 valence electrons. The molecule has 1 aromatic carbocycles. The lowest BCUT2D eigenvalue weighted by atomic mass is 10.1. The number of aryl methyl sites for hydroxylation is 1. The fraction of sp³-hybridized carbons (Fsp3) is 0.500. The molecule has 0 bridgehead atoms. The summed E-state index contributed by atoms with van der Waals surface area (Å²) >= 11 is 0. The summed E-state index contributed by atoms with van der Waals surface area (Å²) < 4.78 is 10.6. The van der Waals surface area contributed by atoms with Crippen molar-refractivity contribution in [3.63, 3.8) is 0 Å². The van der Waals surface area contributed by atoms with Gasteiger partial charge >= 0.3 is 6.03 Å². The van der Waals surface area contributed by atoms with Gasteiger partial charge in [-0.1, -0.05) is 0 Å². The number of nitrogens with zero attached hydrogens (tertiary/aromatic N) is 1. The third-order valence-corrected chi connectivity index (χ3v) is 3.43. The Morgan fingerprint density at radius 1 is 1.26 bits per heavy atom. The summed E-state index contributed by atoms with van der Waals surface area (Å²) in [4.78, 5) is 13.3. The van der Waals surface area contributed by atoms with E-state index in [1.807, 2.05) is 12.1 Å². The van der Waals surface area contributed by atoms with Gasteiger partial charge in [0.05, 0.1) is 20.3 Å². The molecule has 19 heavy (non-hydrogen) atoms. The van der Waals surface area contributed by atoms with Gasteiger partial charge in [0, 0.05) is 14.1 Å². The van der Waals surface area contributed by atoms with Crippen molar-refractivity contribution < 1.29 is 14.3 Å². The summed E-state index contributed by atoms with van der Waals surface area (Å²) in [6.07, 6.45) is 1.85. The number of hydrogen-bond acceptors (Lipinski definition) is 3. The quantitative estimate of drug-likeness (QED) is 0.908. The third kappa shape index (κ3) is 2.59. The summed E-state index contributed by atoms with van der Waals surface area (Å²) in [5.41, 5.74) is 2.33. The SMILES string of the molecule is COc1cc2c(cc1OC)C(NC(=O)N(C)C)CC2. The standard InChI is InChI=1S/C14H20N2O3/c1-16(2)14(17)15-11-6-5-9-7-12(18-3)13(19-4)8-10(9)11/h7-8,11H,5-6H2,1-4H3,(H,15,17). The van der Waals surface area contributed by atoms with Gasteiger partial charge in [0.15, 0.2) is 11.5 Å². The van der Waals surface area contributed by atoms with Crippen LogP contribution in [0, 0.1) is 0 Å². The third-order valence-electron chi connectivity index (χ3n) is 3.43. The second-order valence-electron chi connectivity index (χ2n) is 4.84. The number of fused-ring (bicyclic) bond motifs is 1. The largest absolute Gasteiger partial charge is 0.493 e. The van der Waals surface area contributed by atoms with Gasteiger partial charge in [0.1, 0.15) is 0 Å². The number of methoxy groups -OCH3 is 2. The first-order valence-electron chi connectivity index (χ1n) is 6.29. The lowest BCUT2D eigenvalue weighted by Gasteiger charge is -2.19. The summed E-state index contributed by atoms with van der Waals surface area (Å²) in [5.74, 6) is 1.44. The first-order chi connectivity index (χ1) is 9.06. The topological polar surface area (TPSA) is 50.8 Å². The zero-order valence-electron chi connectivity index (χ0n) is 11.8. The average Bonchev–Trinajstić information content (AvgIpc) is 2.79. The Balaban J connectivity index is 2.26. The van der Waals surface area contributed by atoms with E-state index in [2.05, 4.69) is 5.32 Å². The molecule has 0 radical (unpaired) electrons. The van der Waals surface area contributed by atoms with E-state index in [4.69, 9.17) is 9.47 Å². The molecule has 2 amide bonds. The maximum absolute atomic E-state index is 11.7. The summed E-state index contributed by atoms with van der Waals surface area (Å²) in [5, 5.41) is 3.01. The van der Waals surface area contributed by atoms with E-state index in [1.165, 1.54) is 5.56 Å². The van der Waals surface area contributed by atoms with Gasteiger partial charge < -0.3 is 19.7 Å². The number of nitrogens with one attached hydrogen (secondary N) is 1. The molecule has 1 N–H and O–H groups in total. The van der Waals surface area contributed by atoms with E-state index in [1.54, 1.807) is 33.2 Å². The van der Waals surface area contributed by atoms with Crippen LogP contribution in [-0.2, 0) is 6.42 Å². The molecule has 1 unspecified atom stereocenters. The molecule has 1 atom stereocenters. The number of carbonyl (C=O) groups excluding carboxylic acids is 1. The highest BCUT2D eigenvalue weighted by Crippen LogP contribution is 2.39. The van der Waals surface area contributed by atoms with E-state index < -0.39 is 0 Å². The van der Waals surface area contributed by atoms with Gasteiger partial charge in [0.2, 0.25) is 0 Å². The Morgan fingerprint density at radius 2 is 1.89 bits per heavy atom. The molecule has 0 heterocycles. The van der Waals surface area contributed by atoms with Crippen LogP contribution in [0.5, 0.6) is 11.5 Å². The van der Waals surface area contributed by atoms with Gasteiger partial charge in [-0.3, -0.25) is 0 Å². The predicted molar refractivity (Wildman–Crippen MR) is 72.8 cm³/mol. The van der Waals surface area contributed by atoms with E-state index in [0.717, 1.165) is 24.2 Å². The average molecular weight is 264 g/mol. The molecule has 1 aliphatic rings. The number of amides is 2. The van der Waals surface area contributed by atoms with Crippen molar-refractivity contribution in [2.45, 2.75) is 18.9 Å². The van der Waals surface area contributed by atoms with E-state index >= 15 is 0 Å². The van der Waals surface area contributed by atoms with Crippen LogP contribution >= 0.6 is 0 Å². The lowest BCUT2D eigenvalue weighted by molar-refractivity contribution is 0.213. The minimum absolute atomic E-state index is 0.0460. The molecule has 1 aliphatic carbocycles. The Bertz CT molecular complexity index is 486. The minimum Gasteiger partial charge on any atom is -0.493 e. The first-order valence-corrected chi connectivity index (χ1v) is 6.29. The highest BCUT2D eigenvalue weighted by molar-refractivity contribution is 5.74. The van der Waals surface area contributed by atoms with Crippen LogP contribution in [0.1, 0.15) is 23.6 Å². The molecule has 0 saturated carbocycles. The van der Waals surface area contributed by atoms with Crippen molar-refractivity contribution in [3.05, 3.63) is 23.3 Å². The number of ether oxygens (including phenoxy) is 2. The van der Waals surface area contributed by atoms with Crippen LogP contribution in [0.3, 0.4) is 0 Å². The fourth-order valence-electron chi connectivity index (χ4n) is 2.36. The van der Waals surface area contributed by atoms with Crippen LogP contribution in [0.4, 0.5) is 4.79 Å². The van der Waals surface area contributed by atoms with E-state index in [9.17, 15) is 4.79 Å². The van der Waals surface area contributed by atoms with Crippen molar-refractivity contribution in [2.24, 2.45) is 0 Å². The van der Waals surface area contributed by atoms with Crippen LogP contribution in [-0.4, -0.2) is 39.2 Å². The first kappa shape index (κ1) is 13.5. The Morgan fingerprint density at radius 3 is 2.47 bits per heavy atom. The second-order valence-corrected chi connectivity index (χ2v) is 4.84. The molecule has 2 rings (SSSR count). The van der Waals surface area contributed by atoms with E-state index in [0.29, 0.717) is 5.75 Å². The summed E-state index contributed by atoms with van der Waals surface area (Å²) in [7, 11) is 6.72.